The summed E-state index contributed by atoms with van der Waals surface area (Å²) in [5.74, 6) is 1.01. The summed E-state index contributed by atoms with van der Waals surface area (Å²) in [6.45, 7) is 5.92. The molecule has 4 nitrogen and oxygen atoms in total. The Morgan fingerprint density at radius 2 is 1.32 bits per heavy atom. The molecule has 0 aliphatic heterocycles. The lowest BCUT2D eigenvalue weighted by atomic mass is 10.2. The lowest BCUT2D eigenvalue weighted by Gasteiger charge is -2.05. The van der Waals surface area contributed by atoms with Gasteiger partial charge in [-0.3, -0.25) is 0 Å². The van der Waals surface area contributed by atoms with Crippen molar-refractivity contribution in [1.29, 1.82) is 0 Å². The van der Waals surface area contributed by atoms with Crippen molar-refractivity contribution < 1.29 is 38.6 Å². The molecule has 1 aromatic heterocycles. The Kier molecular flexibility index (Phi) is 6.80. The number of hydrogen-bond acceptors (Lipinski definition) is 4. The minimum atomic E-state index is -4.27. The molecule has 0 aliphatic carbocycles. The van der Waals surface area contributed by atoms with E-state index < -0.39 is 10.1 Å². The van der Waals surface area contributed by atoms with Crippen molar-refractivity contribution in [2.75, 3.05) is 0 Å². The molecular weight excluding hydrogens is 451 g/mol. The zero-order chi connectivity index (χ0) is 18.4. The van der Waals surface area contributed by atoms with Gasteiger partial charge in [0.15, 0.2) is 3.57 Å². The van der Waals surface area contributed by atoms with Crippen LogP contribution in [-0.2, 0) is 10.1 Å². The molecule has 0 saturated heterocycles. The van der Waals surface area contributed by atoms with Crippen LogP contribution in [-0.4, -0.2) is 13.0 Å². The SMILES string of the molecule is Cc1ccc(S(=O)(=O)[O-])cc1.Cc1ccc([I+]c2ccc(C)o2)cc1. The maximum Gasteiger partial charge on any atom is 0.400 e. The lowest BCUT2D eigenvalue weighted by molar-refractivity contribution is -0.617. The molecule has 0 saturated carbocycles. The van der Waals surface area contributed by atoms with Crippen LogP contribution < -0.4 is 21.2 Å². The molecule has 6 heteroatoms. The third-order valence-corrected chi connectivity index (χ3v) is 6.53. The minimum Gasteiger partial charge on any atom is -0.744 e. The second-order valence-electron chi connectivity index (χ2n) is 5.51. The average molecular weight is 470 g/mol. The van der Waals surface area contributed by atoms with E-state index in [4.69, 9.17) is 4.42 Å². The maximum atomic E-state index is 10.4. The topological polar surface area (TPSA) is 70.3 Å². The van der Waals surface area contributed by atoms with Crippen molar-refractivity contribution in [3.63, 3.8) is 0 Å². The minimum absolute atomic E-state index is 0.130. The van der Waals surface area contributed by atoms with Gasteiger partial charge in [-0.05, 0) is 51.1 Å². The highest BCUT2D eigenvalue weighted by Crippen LogP contribution is 2.08. The fourth-order valence-electron chi connectivity index (χ4n) is 1.86. The Labute approximate surface area is 158 Å². The van der Waals surface area contributed by atoms with Crippen LogP contribution in [0.5, 0.6) is 0 Å². The first-order valence-corrected chi connectivity index (χ1v) is 11.1. The summed E-state index contributed by atoms with van der Waals surface area (Å²) in [7, 11) is -4.27. The van der Waals surface area contributed by atoms with Crippen LogP contribution in [0.25, 0.3) is 0 Å². The predicted octanol–water partition coefficient (Wildman–Crippen LogP) is 0.924. The molecule has 0 aliphatic rings. The summed E-state index contributed by atoms with van der Waals surface area (Å²) in [6.07, 6.45) is 0. The number of halogens is 1. The third-order valence-electron chi connectivity index (χ3n) is 3.23. The Bertz CT molecular complexity index is 911. The van der Waals surface area contributed by atoms with Gasteiger partial charge in [-0.25, -0.2) is 8.42 Å². The van der Waals surface area contributed by atoms with E-state index in [2.05, 4.69) is 37.3 Å². The molecule has 0 spiro atoms. The van der Waals surface area contributed by atoms with Crippen molar-refractivity contribution in [1.82, 2.24) is 0 Å². The highest BCUT2D eigenvalue weighted by atomic mass is 127. The summed E-state index contributed by atoms with van der Waals surface area (Å²) >= 11 is -0.130. The van der Waals surface area contributed by atoms with Gasteiger partial charge in [0, 0.05) is 6.07 Å². The molecule has 132 valence electrons. The molecule has 25 heavy (non-hydrogen) atoms. The molecule has 1 heterocycles. The van der Waals surface area contributed by atoms with E-state index in [9.17, 15) is 13.0 Å². The van der Waals surface area contributed by atoms with E-state index in [-0.39, 0.29) is 26.1 Å². The van der Waals surface area contributed by atoms with E-state index >= 15 is 0 Å². The summed E-state index contributed by atoms with van der Waals surface area (Å²) < 4.78 is 39.3. The summed E-state index contributed by atoms with van der Waals surface area (Å²) in [6, 6.07) is 18.6. The average Bonchev–Trinajstić information content (AvgIpc) is 2.95. The first-order chi connectivity index (χ1) is 11.7. The molecule has 3 rings (SSSR count). The first kappa shape index (κ1) is 19.7. The Morgan fingerprint density at radius 3 is 1.76 bits per heavy atom. The van der Waals surface area contributed by atoms with Crippen LogP contribution in [0.3, 0.4) is 0 Å². The van der Waals surface area contributed by atoms with E-state index in [1.807, 2.05) is 19.9 Å². The van der Waals surface area contributed by atoms with Gasteiger partial charge in [-0.1, -0.05) is 35.4 Å². The normalized spacial score (nSPS) is 10.9. The van der Waals surface area contributed by atoms with Gasteiger partial charge < -0.3 is 8.97 Å². The number of benzene rings is 2. The molecule has 0 unspecified atom stereocenters. The molecule has 0 atom stereocenters. The van der Waals surface area contributed by atoms with Gasteiger partial charge in [-0.15, -0.1) is 0 Å². The standard InChI is InChI=1S/C12H12IO.C7H8O3S/c1-9-3-6-11(7-4-9)13-12-8-5-10(2)14-12;1-6-2-4-7(5-3-6)11(8,9)10/h3-8H,1-2H3;2-5H,1H3,(H,8,9,10)/q+1;/p-1. The van der Waals surface area contributed by atoms with E-state index in [1.54, 1.807) is 12.1 Å². The fraction of sp³-hybridized carbons (Fsp3) is 0.158. The van der Waals surface area contributed by atoms with Gasteiger partial charge >= 0.3 is 25.0 Å². The summed E-state index contributed by atoms with van der Waals surface area (Å²) in [5, 5.41) is 0. The highest BCUT2D eigenvalue weighted by Gasteiger charge is 2.18. The van der Waals surface area contributed by atoms with E-state index in [0.717, 1.165) is 15.1 Å². The van der Waals surface area contributed by atoms with Gasteiger partial charge in [0.1, 0.15) is 15.9 Å². The molecule has 0 radical (unpaired) electrons. The quantitative estimate of drug-likeness (QED) is 0.422. The van der Waals surface area contributed by atoms with Crippen molar-refractivity contribution in [2.24, 2.45) is 0 Å². The predicted molar refractivity (Wildman–Crippen MR) is 91.2 cm³/mol. The van der Waals surface area contributed by atoms with Crippen molar-refractivity contribution >= 4 is 10.1 Å². The number of furan rings is 1. The lowest BCUT2D eigenvalue weighted by Crippen LogP contribution is -3.61. The van der Waals surface area contributed by atoms with Crippen LogP contribution in [0.2, 0.25) is 0 Å². The monoisotopic (exact) mass is 470 g/mol. The second-order valence-corrected chi connectivity index (χ2v) is 9.74. The van der Waals surface area contributed by atoms with Crippen LogP contribution in [0, 0.1) is 28.1 Å². The molecule has 0 N–H and O–H groups in total. The third kappa shape index (κ3) is 6.64. The summed E-state index contributed by atoms with van der Waals surface area (Å²) in [5.41, 5.74) is 2.24. The Hall–Kier alpha value is -1.64. The molecule has 3 aromatic rings. The van der Waals surface area contributed by atoms with Crippen molar-refractivity contribution in [3.05, 3.63) is 84.9 Å². The van der Waals surface area contributed by atoms with E-state index in [1.165, 1.54) is 21.3 Å². The molecule has 2 aromatic carbocycles. The molecule has 0 bridgehead atoms. The zero-order valence-electron chi connectivity index (χ0n) is 14.2. The number of rotatable bonds is 3. The largest absolute Gasteiger partial charge is 0.744 e. The van der Waals surface area contributed by atoms with Crippen LogP contribution in [0.4, 0.5) is 0 Å². The fourth-order valence-corrected chi connectivity index (χ4v) is 4.48. The molecule has 0 fully saturated rings. The first-order valence-electron chi connectivity index (χ1n) is 7.54. The van der Waals surface area contributed by atoms with E-state index in [0.29, 0.717) is 0 Å². The van der Waals surface area contributed by atoms with Crippen LogP contribution in [0.1, 0.15) is 16.9 Å². The maximum absolute atomic E-state index is 10.4. The van der Waals surface area contributed by atoms with Crippen molar-refractivity contribution in [3.8, 4) is 0 Å². The Morgan fingerprint density at radius 1 is 0.800 bits per heavy atom. The molecule has 0 amide bonds. The number of hydrogen-bond donors (Lipinski definition) is 0. The van der Waals surface area contributed by atoms with Crippen LogP contribution >= 0.6 is 0 Å². The second kappa shape index (κ2) is 8.64. The van der Waals surface area contributed by atoms with Gasteiger partial charge in [-0.2, -0.15) is 0 Å². The number of aryl methyl sites for hydroxylation is 3. The smallest absolute Gasteiger partial charge is 0.400 e. The van der Waals surface area contributed by atoms with Crippen LogP contribution in [0.15, 0.2) is 70.0 Å². The summed E-state index contributed by atoms with van der Waals surface area (Å²) in [4.78, 5) is -0.178. The van der Waals surface area contributed by atoms with Gasteiger partial charge in [0.25, 0.3) is 0 Å². The zero-order valence-corrected chi connectivity index (χ0v) is 17.2. The van der Waals surface area contributed by atoms with Gasteiger partial charge in [0.2, 0.25) is 0 Å². The highest BCUT2D eigenvalue weighted by molar-refractivity contribution is 7.85. The Balaban J connectivity index is 0.000000186. The van der Waals surface area contributed by atoms with Crippen molar-refractivity contribution in [2.45, 2.75) is 25.7 Å². The van der Waals surface area contributed by atoms with Gasteiger partial charge in [0.05, 0.1) is 4.90 Å². The molecular formula is C19H19IO4S.